The topological polar surface area (TPSA) is 104 Å². The van der Waals surface area contributed by atoms with E-state index in [2.05, 4.69) is 39.8 Å². The van der Waals surface area contributed by atoms with Crippen molar-refractivity contribution in [3.8, 4) is 0 Å². The first-order valence-electron chi connectivity index (χ1n) is 7.94. The second kappa shape index (κ2) is 5.80. The zero-order chi connectivity index (χ0) is 17.8. The van der Waals surface area contributed by atoms with Crippen molar-refractivity contribution in [3.63, 3.8) is 0 Å². The van der Waals surface area contributed by atoms with Crippen LogP contribution in [0.3, 0.4) is 0 Å². The molecule has 0 spiro atoms. The SMILES string of the molecule is Cc1ccsc1CC(=O)NC1C(=O)N2C(c3nn[nH]n3)C(C)(C)S[C@@H]12. The zero-order valence-corrected chi connectivity index (χ0v) is 15.6. The second-order valence-electron chi connectivity index (χ2n) is 6.78. The fourth-order valence-corrected chi connectivity index (χ4v) is 5.94. The van der Waals surface area contributed by atoms with Crippen LogP contribution in [0.2, 0.25) is 0 Å². The number of hydrogen-bond donors (Lipinski definition) is 2. The molecule has 2 aliphatic heterocycles. The van der Waals surface area contributed by atoms with Crippen LogP contribution >= 0.6 is 23.1 Å². The van der Waals surface area contributed by atoms with Crippen molar-refractivity contribution in [2.24, 2.45) is 0 Å². The Balaban J connectivity index is 1.47. The molecule has 4 rings (SSSR count). The molecular formula is C15H18N6O2S2. The van der Waals surface area contributed by atoms with E-state index in [1.807, 2.05) is 18.4 Å². The maximum Gasteiger partial charge on any atom is 0.249 e. The van der Waals surface area contributed by atoms with E-state index in [9.17, 15) is 9.59 Å². The van der Waals surface area contributed by atoms with Gasteiger partial charge in [0, 0.05) is 9.62 Å². The van der Waals surface area contributed by atoms with Gasteiger partial charge >= 0.3 is 0 Å². The van der Waals surface area contributed by atoms with E-state index < -0.39 is 6.04 Å². The van der Waals surface area contributed by atoms with Gasteiger partial charge in [0.1, 0.15) is 17.5 Å². The molecule has 0 radical (unpaired) electrons. The van der Waals surface area contributed by atoms with Gasteiger partial charge in [0.05, 0.1) is 6.42 Å². The van der Waals surface area contributed by atoms with E-state index >= 15 is 0 Å². The number of rotatable bonds is 4. The van der Waals surface area contributed by atoms with E-state index in [1.54, 1.807) is 28.0 Å². The first-order chi connectivity index (χ1) is 11.9. The maximum absolute atomic E-state index is 12.7. The Kier molecular flexibility index (Phi) is 3.84. The molecule has 2 unspecified atom stereocenters. The third kappa shape index (κ3) is 2.63. The van der Waals surface area contributed by atoms with E-state index in [4.69, 9.17) is 0 Å². The summed E-state index contributed by atoms with van der Waals surface area (Å²) in [4.78, 5) is 27.8. The molecule has 2 N–H and O–H groups in total. The molecule has 3 atom stereocenters. The number of nitrogens with zero attached hydrogens (tertiary/aromatic N) is 4. The minimum Gasteiger partial charge on any atom is -0.341 e. The smallest absolute Gasteiger partial charge is 0.249 e. The summed E-state index contributed by atoms with van der Waals surface area (Å²) < 4.78 is -0.256. The molecule has 0 saturated carbocycles. The molecule has 2 fully saturated rings. The number of thiophene rings is 1. The number of H-pyrrole nitrogens is 1. The second-order valence-corrected chi connectivity index (χ2v) is 9.55. The van der Waals surface area contributed by atoms with Gasteiger partial charge in [-0.25, -0.2) is 0 Å². The van der Waals surface area contributed by atoms with Crippen molar-refractivity contribution < 1.29 is 9.59 Å². The highest BCUT2D eigenvalue weighted by Gasteiger charge is 2.63. The van der Waals surface area contributed by atoms with Crippen LogP contribution in [0, 0.1) is 6.92 Å². The van der Waals surface area contributed by atoms with Crippen LogP contribution in [-0.2, 0) is 16.0 Å². The van der Waals surface area contributed by atoms with Crippen molar-refractivity contribution in [2.45, 2.75) is 49.4 Å². The van der Waals surface area contributed by atoms with Crippen molar-refractivity contribution in [1.29, 1.82) is 0 Å². The summed E-state index contributed by atoms with van der Waals surface area (Å²) in [5.41, 5.74) is 1.11. The number of carbonyl (C=O) groups excluding carboxylic acids is 2. The molecule has 0 bridgehead atoms. The van der Waals surface area contributed by atoms with Crippen LogP contribution < -0.4 is 5.32 Å². The van der Waals surface area contributed by atoms with Gasteiger partial charge in [-0.3, -0.25) is 9.59 Å². The first-order valence-corrected chi connectivity index (χ1v) is 9.70. The molecule has 8 nitrogen and oxygen atoms in total. The Labute approximate surface area is 152 Å². The Morgan fingerprint density at radius 2 is 2.28 bits per heavy atom. The fraction of sp³-hybridized carbons (Fsp3) is 0.533. The van der Waals surface area contributed by atoms with E-state index in [0.29, 0.717) is 12.2 Å². The number of nitrogens with one attached hydrogen (secondary N) is 2. The van der Waals surface area contributed by atoms with Gasteiger partial charge in [0.25, 0.3) is 0 Å². The van der Waals surface area contributed by atoms with E-state index in [0.717, 1.165) is 10.4 Å². The van der Waals surface area contributed by atoms with Gasteiger partial charge in [-0.15, -0.1) is 33.3 Å². The molecule has 10 heteroatoms. The third-order valence-corrected chi connectivity index (χ3v) is 7.25. The summed E-state index contributed by atoms with van der Waals surface area (Å²) in [6, 6.07) is 1.25. The van der Waals surface area contributed by atoms with E-state index in [1.165, 1.54) is 0 Å². The summed E-state index contributed by atoms with van der Waals surface area (Å²) in [6.45, 7) is 6.09. The number of carbonyl (C=O) groups is 2. The standard InChI is InChI=1S/C15H18N6O2S2/c1-7-4-5-24-8(7)6-9(22)16-10-13(23)21-11(12-17-19-20-18-12)15(2,3)25-14(10)21/h4-5,10-11,14H,6H2,1-3H3,(H,16,22)(H,17,18,19,20)/t10?,11?,14-/m0/s1. The van der Waals surface area contributed by atoms with Crippen molar-refractivity contribution in [2.75, 3.05) is 0 Å². The lowest BCUT2D eigenvalue weighted by Crippen LogP contribution is -2.68. The maximum atomic E-state index is 12.7. The van der Waals surface area contributed by atoms with Gasteiger partial charge < -0.3 is 10.2 Å². The zero-order valence-electron chi connectivity index (χ0n) is 14.0. The molecule has 2 saturated heterocycles. The number of hydrogen-bond acceptors (Lipinski definition) is 7. The highest BCUT2D eigenvalue weighted by Crippen LogP contribution is 2.56. The highest BCUT2D eigenvalue weighted by molar-refractivity contribution is 8.01. The summed E-state index contributed by atoms with van der Waals surface area (Å²) >= 11 is 3.22. The third-order valence-electron chi connectivity index (χ3n) is 4.65. The van der Waals surface area contributed by atoms with Crippen LogP contribution in [0.25, 0.3) is 0 Å². The molecule has 25 heavy (non-hydrogen) atoms. The first kappa shape index (κ1) is 16.5. The summed E-state index contributed by atoms with van der Waals surface area (Å²) in [5.74, 6) is 0.298. The highest BCUT2D eigenvalue weighted by atomic mass is 32.2. The molecular weight excluding hydrogens is 360 g/mol. The number of fused-ring (bicyclic) bond motifs is 1. The minimum atomic E-state index is -0.492. The Morgan fingerprint density at radius 1 is 1.48 bits per heavy atom. The predicted molar refractivity (Wildman–Crippen MR) is 93.9 cm³/mol. The van der Waals surface area contributed by atoms with Gasteiger partial charge in [-0.1, -0.05) is 5.21 Å². The van der Waals surface area contributed by atoms with E-state index in [-0.39, 0.29) is 28.0 Å². The average Bonchev–Trinajstić information content (AvgIpc) is 3.25. The molecule has 132 valence electrons. The molecule has 2 aliphatic rings. The largest absolute Gasteiger partial charge is 0.341 e. The normalized spacial score (nSPS) is 27.1. The van der Waals surface area contributed by atoms with Crippen LogP contribution in [0.15, 0.2) is 11.4 Å². The van der Waals surface area contributed by atoms with Crippen LogP contribution in [-0.4, -0.2) is 53.5 Å². The van der Waals surface area contributed by atoms with Crippen LogP contribution in [0.1, 0.15) is 36.2 Å². The molecule has 0 aromatic carbocycles. The lowest BCUT2D eigenvalue weighted by molar-refractivity contribution is -0.151. The van der Waals surface area contributed by atoms with Gasteiger partial charge in [-0.05, 0) is 37.8 Å². The summed E-state index contributed by atoms with van der Waals surface area (Å²) in [7, 11) is 0. The minimum absolute atomic E-state index is 0.0888. The number of aromatic amines is 1. The number of thioether (sulfide) groups is 1. The number of tetrazole rings is 1. The predicted octanol–water partition coefficient (Wildman–Crippen LogP) is 1.03. The average molecular weight is 378 g/mol. The van der Waals surface area contributed by atoms with Gasteiger partial charge in [0.2, 0.25) is 11.8 Å². The van der Waals surface area contributed by atoms with Crippen molar-refractivity contribution >= 4 is 34.9 Å². The number of aromatic nitrogens is 4. The molecule has 4 heterocycles. The molecule has 2 aromatic rings. The Hall–Kier alpha value is -1.94. The summed E-state index contributed by atoms with van der Waals surface area (Å²) in [5, 5.41) is 18.9. The lowest BCUT2D eigenvalue weighted by Gasteiger charge is -2.44. The molecule has 2 amide bonds. The van der Waals surface area contributed by atoms with Crippen molar-refractivity contribution in [1.82, 2.24) is 30.8 Å². The molecule has 0 aliphatic carbocycles. The fourth-order valence-electron chi connectivity index (χ4n) is 3.41. The lowest BCUT2D eigenvalue weighted by atomic mass is 9.95. The number of aryl methyl sites for hydroxylation is 1. The van der Waals surface area contributed by atoms with Crippen molar-refractivity contribution in [3.05, 3.63) is 27.7 Å². The monoisotopic (exact) mass is 378 g/mol. The van der Waals surface area contributed by atoms with Gasteiger partial charge in [-0.2, -0.15) is 5.21 Å². The number of β-lactam (4-membered cyclic amide) rings is 1. The summed E-state index contributed by atoms with van der Waals surface area (Å²) in [6.07, 6.45) is 0.308. The Morgan fingerprint density at radius 3 is 2.92 bits per heavy atom. The van der Waals surface area contributed by atoms with Gasteiger partial charge in [0.15, 0.2) is 5.82 Å². The van der Waals surface area contributed by atoms with Crippen LogP contribution in [0.5, 0.6) is 0 Å². The van der Waals surface area contributed by atoms with Crippen LogP contribution in [0.4, 0.5) is 0 Å². The molecule has 2 aromatic heterocycles. The Bertz CT molecular complexity index is 818. The quantitative estimate of drug-likeness (QED) is 0.770. The number of amides is 2.